The van der Waals surface area contributed by atoms with Crippen LogP contribution in [0.1, 0.15) is 73.6 Å². The van der Waals surface area contributed by atoms with Gasteiger partial charge in [-0.1, -0.05) is 45.6 Å². The van der Waals surface area contributed by atoms with E-state index < -0.39 is 5.60 Å². The number of allylic oxidation sites excluding steroid dienone is 1. The van der Waals surface area contributed by atoms with Gasteiger partial charge in [0.25, 0.3) is 0 Å². The highest BCUT2D eigenvalue weighted by Crippen LogP contribution is 2.19. The van der Waals surface area contributed by atoms with Crippen LogP contribution in [-0.4, -0.2) is 11.6 Å². The Kier molecular flexibility index (Phi) is 7.97. The molecule has 0 amide bonds. The Balaban J connectivity index is 4.27. The average Bonchev–Trinajstić information content (AvgIpc) is 2.26. The number of esters is 1. The Hall–Kier alpha value is -0.790. The van der Waals surface area contributed by atoms with E-state index in [9.17, 15) is 4.79 Å². The third-order valence-electron chi connectivity index (χ3n) is 3.02. The molecular weight excluding hydrogens is 224 g/mol. The number of ether oxygens (including phenoxy) is 1. The van der Waals surface area contributed by atoms with Crippen molar-refractivity contribution in [1.29, 1.82) is 0 Å². The minimum Gasteiger partial charge on any atom is -0.457 e. The van der Waals surface area contributed by atoms with Gasteiger partial charge in [-0.05, 0) is 40.0 Å². The van der Waals surface area contributed by atoms with Crippen molar-refractivity contribution in [2.24, 2.45) is 5.92 Å². The van der Waals surface area contributed by atoms with Crippen LogP contribution >= 0.6 is 0 Å². The zero-order valence-electron chi connectivity index (χ0n) is 13.0. The summed E-state index contributed by atoms with van der Waals surface area (Å²) in [5.41, 5.74) is 0.332. The molecule has 0 spiro atoms. The molecule has 0 aromatic carbocycles. The van der Waals surface area contributed by atoms with Crippen LogP contribution in [0.3, 0.4) is 0 Å². The van der Waals surface area contributed by atoms with Crippen molar-refractivity contribution in [3.05, 3.63) is 11.6 Å². The fraction of sp³-hybridized carbons (Fsp3) is 0.812. The molecule has 0 aromatic heterocycles. The topological polar surface area (TPSA) is 26.3 Å². The van der Waals surface area contributed by atoms with Gasteiger partial charge < -0.3 is 4.74 Å². The van der Waals surface area contributed by atoms with E-state index in [1.54, 1.807) is 0 Å². The van der Waals surface area contributed by atoms with Crippen LogP contribution in [0.25, 0.3) is 0 Å². The summed E-state index contributed by atoms with van der Waals surface area (Å²) in [7, 11) is 0. The van der Waals surface area contributed by atoms with Crippen LogP contribution in [0.2, 0.25) is 0 Å². The van der Waals surface area contributed by atoms with Crippen molar-refractivity contribution >= 4 is 5.97 Å². The third-order valence-corrected chi connectivity index (χ3v) is 3.02. The zero-order valence-corrected chi connectivity index (χ0v) is 13.0. The van der Waals surface area contributed by atoms with Gasteiger partial charge in [-0.25, -0.2) is 4.79 Å². The monoisotopic (exact) mass is 254 g/mol. The van der Waals surface area contributed by atoms with Crippen LogP contribution in [0, 0.1) is 5.92 Å². The van der Waals surface area contributed by atoms with Crippen LogP contribution in [-0.2, 0) is 9.53 Å². The van der Waals surface area contributed by atoms with E-state index in [1.807, 2.05) is 33.8 Å². The summed E-state index contributed by atoms with van der Waals surface area (Å²) >= 11 is 0. The van der Waals surface area contributed by atoms with E-state index in [4.69, 9.17) is 4.74 Å². The molecule has 106 valence electrons. The van der Waals surface area contributed by atoms with Crippen LogP contribution in [0.15, 0.2) is 11.6 Å². The smallest absolute Gasteiger partial charge is 0.333 e. The van der Waals surface area contributed by atoms with Crippen molar-refractivity contribution in [2.45, 2.75) is 79.2 Å². The number of carbonyl (C=O) groups is 1. The van der Waals surface area contributed by atoms with Gasteiger partial charge in [-0.3, -0.25) is 0 Å². The molecule has 0 aliphatic rings. The SMILES string of the molecule is CCCCC(CC)CC=C(C)C(=O)OC(C)(C)C. The maximum atomic E-state index is 11.8. The molecule has 1 atom stereocenters. The molecule has 1 unspecified atom stereocenters. The van der Waals surface area contributed by atoms with Crippen LogP contribution in [0.4, 0.5) is 0 Å². The number of unbranched alkanes of at least 4 members (excludes halogenated alkanes) is 1. The molecule has 0 N–H and O–H groups in total. The Morgan fingerprint density at radius 1 is 1.28 bits per heavy atom. The first-order chi connectivity index (χ1) is 8.30. The van der Waals surface area contributed by atoms with E-state index >= 15 is 0 Å². The van der Waals surface area contributed by atoms with Gasteiger partial charge in [0.15, 0.2) is 0 Å². The zero-order chi connectivity index (χ0) is 14.2. The number of carbonyl (C=O) groups excluding carboxylic acids is 1. The van der Waals surface area contributed by atoms with E-state index in [0.717, 1.165) is 12.0 Å². The summed E-state index contributed by atoms with van der Waals surface area (Å²) in [4.78, 5) is 11.8. The van der Waals surface area contributed by atoms with Crippen molar-refractivity contribution < 1.29 is 9.53 Å². The molecule has 0 saturated heterocycles. The lowest BCUT2D eigenvalue weighted by molar-refractivity contribution is -0.149. The molecule has 0 radical (unpaired) electrons. The second kappa shape index (κ2) is 8.34. The molecule has 0 aromatic rings. The summed E-state index contributed by atoms with van der Waals surface area (Å²) in [5, 5.41) is 0. The first kappa shape index (κ1) is 17.2. The lowest BCUT2D eigenvalue weighted by Gasteiger charge is -2.20. The maximum absolute atomic E-state index is 11.8. The fourth-order valence-electron chi connectivity index (χ4n) is 1.77. The maximum Gasteiger partial charge on any atom is 0.333 e. The van der Waals surface area contributed by atoms with Gasteiger partial charge in [0, 0.05) is 5.57 Å². The van der Waals surface area contributed by atoms with Crippen molar-refractivity contribution in [1.82, 2.24) is 0 Å². The number of hydrogen-bond donors (Lipinski definition) is 0. The highest BCUT2D eigenvalue weighted by molar-refractivity contribution is 5.87. The molecule has 0 aliphatic carbocycles. The molecule has 18 heavy (non-hydrogen) atoms. The van der Waals surface area contributed by atoms with Gasteiger partial charge >= 0.3 is 5.97 Å². The molecule has 0 aliphatic heterocycles. The molecule has 2 nitrogen and oxygen atoms in total. The lowest BCUT2D eigenvalue weighted by Crippen LogP contribution is -2.24. The van der Waals surface area contributed by atoms with Gasteiger partial charge in [0.2, 0.25) is 0 Å². The Morgan fingerprint density at radius 2 is 1.89 bits per heavy atom. The van der Waals surface area contributed by atoms with Crippen molar-refractivity contribution in [2.75, 3.05) is 0 Å². The van der Waals surface area contributed by atoms with Gasteiger partial charge in [0.1, 0.15) is 5.60 Å². The predicted octanol–water partition coefficient (Wildman–Crippen LogP) is 4.88. The molecule has 0 bridgehead atoms. The largest absolute Gasteiger partial charge is 0.457 e. The quantitative estimate of drug-likeness (QED) is 0.478. The Labute approximate surface area is 113 Å². The highest BCUT2D eigenvalue weighted by Gasteiger charge is 2.17. The fourth-order valence-corrected chi connectivity index (χ4v) is 1.77. The van der Waals surface area contributed by atoms with Crippen molar-refractivity contribution in [3.8, 4) is 0 Å². The predicted molar refractivity (Wildman–Crippen MR) is 77.5 cm³/mol. The van der Waals surface area contributed by atoms with Crippen molar-refractivity contribution in [3.63, 3.8) is 0 Å². The lowest BCUT2D eigenvalue weighted by atomic mass is 9.95. The Bertz CT molecular complexity index is 271. The molecular formula is C16H30O2. The van der Waals surface area contributed by atoms with E-state index in [0.29, 0.717) is 5.92 Å². The first-order valence-electron chi connectivity index (χ1n) is 7.20. The third kappa shape index (κ3) is 8.32. The molecule has 0 rings (SSSR count). The average molecular weight is 254 g/mol. The van der Waals surface area contributed by atoms with Gasteiger partial charge in [0.05, 0.1) is 0 Å². The van der Waals surface area contributed by atoms with Crippen LogP contribution < -0.4 is 0 Å². The summed E-state index contributed by atoms with van der Waals surface area (Å²) in [5.74, 6) is 0.509. The molecule has 2 heteroatoms. The minimum atomic E-state index is -0.404. The van der Waals surface area contributed by atoms with E-state index in [-0.39, 0.29) is 5.97 Å². The number of hydrogen-bond acceptors (Lipinski definition) is 2. The van der Waals surface area contributed by atoms with Crippen LogP contribution in [0.5, 0.6) is 0 Å². The molecule has 0 fully saturated rings. The van der Waals surface area contributed by atoms with E-state index in [1.165, 1.54) is 25.7 Å². The van der Waals surface area contributed by atoms with E-state index in [2.05, 4.69) is 13.8 Å². The first-order valence-corrected chi connectivity index (χ1v) is 7.20. The van der Waals surface area contributed by atoms with Gasteiger partial charge in [-0.15, -0.1) is 0 Å². The molecule has 0 saturated carbocycles. The second-order valence-corrected chi connectivity index (χ2v) is 6.04. The normalized spacial score (nSPS) is 14.4. The summed E-state index contributed by atoms with van der Waals surface area (Å²) in [6.45, 7) is 12.0. The molecule has 0 heterocycles. The Morgan fingerprint density at radius 3 is 2.33 bits per heavy atom. The summed E-state index contributed by atoms with van der Waals surface area (Å²) in [6.07, 6.45) is 7.98. The summed E-state index contributed by atoms with van der Waals surface area (Å²) in [6, 6.07) is 0. The highest BCUT2D eigenvalue weighted by atomic mass is 16.6. The summed E-state index contributed by atoms with van der Waals surface area (Å²) < 4.78 is 5.34. The standard InChI is InChI=1S/C16H30O2/c1-7-9-10-14(8-2)12-11-13(3)15(17)18-16(4,5)6/h11,14H,7-10,12H2,1-6H3. The van der Waals surface area contributed by atoms with Gasteiger partial charge in [-0.2, -0.15) is 0 Å². The minimum absolute atomic E-state index is 0.187. The second-order valence-electron chi connectivity index (χ2n) is 6.04. The number of rotatable bonds is 7.